The van der Waals surface area contributed by atoms with E-state index in [4.69, 9.17) is 0 Å². The van der Waals surface area contributed by atoms with Crippen molar-refractivity contribution >= 4 is 11.6 Å². The number of nitrogens with zero attached hydrogens (tertiary/aromatic N) is 5. The number of rotatable bonds is 6. The van der Waals surface area contributed by atoms with Crippen LogP contribution in [0.25, 0.3) is 22.8 Å². The van der Waals surface area contributed by atoms with Crippen LogP contribution in [0, 0.1) is 0 Å². The van der Waals surface area contributed by atoms with Crippen molar-refractivity contribution in [2.45, 2.75) is 6.54 Å². The molecule has 28 heavy (non-hydrogen) atoms. The van der Waals surface area contributed by atoms with Crippen molar-refractivity contribution in [3.63, 3.8) is 0 Å². The average Bonchev–Trinajstić information content (AvgIpc) is 3.39. The third-order valence-electron chi connectivity index (χ3n) is 4.00. The number of anilines is 1. The molecule has 0 saturated carbocycles. The van der Waals surface area contributed by atoms with Gasteiger partial charge in [0, 0.05) is 18.6 Å². The summed E-state index contributed by atoms with van der Waals surface area (Å²) in [7, 11) is 0. The van der Waals surface area contributed by atoms with E-state index in [1.54, 1.807) is 59.7 Å². The van der Waals surface area contributed by atoms with Gasteiger partial charge in [0.2, 0.25) is 0 Å². The van der Waals surface area contributed by atoms with Crippen molar-refractivity contribution < 1.29 is 9.90 Å². The maximum absolute atomic E-state index is 12.8. The molecule has 0 aromatic carbocycles. The number of carbonyl (C=O) groups excluding carboxylic acids is 1. The lowest BCUT2D eigenvalue weighted by Crippen LogP contribution is -2.14. The SMILES string of the molecule is O=C(Nc1cn(CCO)nc1-c1ccccn1)c1cccc(-c2ccn[nH]2)n1. The molecule has 0 saturated heterocycles. The summed E-state index contributed by atoms with van der Waals surface area (Å²) in [5, 5.41) is 23.2. The number of nitrogens with one attached hydrogen (secondary N) is 2. The number of carbonyl (C=O) groups is 1. The van der Waals surface area contributed by atoms with Gasteiger partial charge in [0.25, 0.3) is 5.91 Å². The number of hydrogen-bond donors (Lipinski definition) is 3. The molecular weight excluding hydrogens is 358 g/mol. The Morgan fingerprint density at radius 2 is 2.00 bits per heavy atom. The van der Waals surface area contributed by atoms with Crippen LogP contribution in [-0.4, -0.2) is 47.6 Å². The highest BCUT2D eigenvalue weighted by Crippen LogP contribution is 2.25. The Hall–Kier alpha value is -3.85. The minimum atomic E-state index is -0.373. The molecule has 0 radical (unpaired) electrons. The van der Waals surface area contributed by atoms with Crippen LogP contribution < -0.4 is 5.32 Å². The van der Waals surface area contributed by atoms with Gasteiger partial charge in [-0.2, -0.15) is 10.2 Å². The molecule has 0 bridgehead atoms. The van der Waals surface area contributed by atoms with E-state index in [0.717, 1.165) is 5.69 Å². The van der Waals surface area contributed by atoms with Crippen LogP contribution in [-0.2, 0) is 6.54 Å². The number of aliphatic hydroxyl groups excluding tert-OH is 1. The quantitative estimate of drug-likeness (QED) is 0.474. The van der Waals surface area contributed by atoms with Crippen LogP contribution in [0.5, 0.6) is 0 Å². The van der Waals surface area contributed by atoms with Crippen molar-refractivity contribution in [3.8, 4) is 22.8 Å². The van der Waals surface area contributed by atoms with Gasteiger partial charge in [-0.25, -0.2) is 4.98 Å². The molecule has 1 amide bonds. The molecule has 4 heterocycles. The summed E-state index contributed by atoms with van der Waals surface area (Å²) in [5.74, 6) is -0.373. The number of H-pyrrole nitrogens is 1. The summed E-state index contributed by atoms with van der Waals surface area (Å²) < 4.78 is 1.56. The van der Waals surface area contributed by atoms with Gasteiger partial charge in [-0.15, -0.1) is 0 Å². The molecule has 4 aromatic heterocycles. The number of aromatic amines is 1. The van der Waals surface area contributed by atoms with E-state index >= 15 is 0 Å². The van der Waals surface area contributed by atoms with Crippen LogP contribution in [0.3, 0.4) is 0 Å². The lowest BCUT2D eigenvalue weighted by molar-refractivity contribution is 0.102. The fourth-order valence-corrected chi connectivity index (χ4v) is 2.72. The number of hydrogen-bond acceptors (Lipinski definition) is 6. The van der Waals surface area contributed by atoms with E-state index in [9.17, 15) is 9.90 Å². The third-order valence-corrected chi connectivity index (χ3v) is 4.00. The Morgan fingerprint density at radius 1 is 1.11 bits per heavy atom. The van der Waals surface area contributed by atoms with Gasteiger partial charge in [0.15, 0.2) is 0 Å². The Kier molecular flexibility index (Phi) is 4.89. The van der Waals surface area contributed by atoms with E-state index in [0.29, 0.717) is 29.3 Å². The molecule has 3 N–H and O–H groups in total. The van der Waals surface area contributed by atoms with Crippen LogP contribution in [0.2, 0.25) is 0 Å². The van der Waals surface area contributed by atoms with Gasteiger partial charge < -0.3 is 10.4 Å². The lowest BCUT2D eigenvalue weighted by Gasteiger charge is -2.06. The minimum Gasteiger partial charge on any atom is -0.394 e. The predicted octanol–water partition coefficient (Wildman–Crippen LogP) is 1.97. The van der Waals surface area contributed by atoms with Crippen molar-refractivity contribution in [3.05, 3.63) is 66.7 Å². The maximum atomic E-state index is 12.8. The maximum Gasteiger partial charge on any atom is 0.274 e. The molecule has 9 nitrogen and oxygen atoms in total. The number of aliphatic hydroxyl groups is 1. The van der Waals surface area contributed by atoms with Crippen molar-refractivity contribution in [2.75, 3.05) is 11.9 Å². The summed E-state index contributed by atoms with van der Waals surface area (Å²) in [6, 6.07) is 12.4. The molecule has 0 aliphatic heterocycles. The molecule has 0 fully saturated rings. The van der Waals surface area contributed by atoms with Gasteiger partial charge in [-0.05, 0) is 30.3 Å². The Morgan fingerprint density at radius 3 is 2.75 bits per heavy atom. The smallest absolute Gasteiger partial charge is 0.274 e. The van der Waals surface area contributed by atoms with Crippen LogP contribution in [0.15, 0.2) is 61.1 Å². The number of aromatic nitrogens is 6. The van der Waals surface area contributed by atoms with E-state index < -0.39 is 0 Å². The Labute approximate surface area is 160 Å². The van der Waals surface area contributed by atoms with Crippen LogP contribution >= 0.6 is 0 Å². The lowest BCUT2D eigenvalue weighted by atomic mass is 10.2. The first-order valence-corrected chi connectivity index (χ1v) is 8.62. The zero-order valence-electron chi connectivity index (χ0n) is 14.8. The second-order valence-electron chi connectivity index (χ2n) is 5.93. The zero-order chi connectivity index (χ0) is 19.3. The normalized spacial score (nSPS) is 10.8. The molecule has 140 valence electrons. The van der Waals surface area contributed by atoms with E-state index in [1.165, 1.54) is 0 Å². The first-order chi connectivity index (χ1) is 13.7. The summed E-state index contributed by atoms with van der Waals surface area (Å²) >= 11 is 0. The van der Waals surface area contributed by atoms with Gasteiger partial charge in [-0.1, -0.05) is 12.1 Å². The highest BCUT2D eigenvalue weighted by Gasteiger charge is 2.17. The third kappa shape index (κ3) is 3.64. The predicted molar refractivity (Wildman–Crippen MR) is 102 cm³/mol. The highest BCUT2D eigenvalue weighted by atomic mass is 16.3. The second kappa shape index (κ2) is 7.80. The van der Waals surface area contributed by atoms with Crippen LogP contribution in [0.1, 0.15) is 10.5 Å². The molecule has 0 unspecified atom stereocenters. The summed E-state index contributed by atoms with van der Waals surface area (Å²) in [5.41, 5.74) is 3.23. The van der Waals surface area contributed by atoms with Crippen molar-refractivity contribution in [1.29, 1.82) is 0 Å². The van der Waals surface area contributed by atoms with E-state index in [2.05, 4.69) is 30.6 Å². The second-order valence-corrected chi connectivity index (χ2v) is 5.93. The van der Waals surface area contributed by atoms with Crippen molar-refractivity contribution in [1.82, 2.24) is 29.9 Å². The topological polar surface area (TPSA) is 122 Å². The zero-order valence-corrected chi connectivity index (χ0v) is 14.8. The fourth-order valence-electron chi connectivity index (χ4n) is 2.72. The minimum absolute atomic E-state index is 0.0650. The number of amides is 1. The molecule has 0 atom stereocenters. The Bertz CT molecular complexity index is 1070. The van der Waals surface area contributed by atoms with Crippen molar-refractivity contribution in [2.24, 2.45) is 0 Å². The van der Waals surface area contributed by atoms with Gasteiger partial charge in [0.1, 0.15) is 11.4 Å². The molecule has 4 rings (SSSR count). The monoisotopic (exact) mass is 375 g/mol. The summed E-state index contributed by atoms with van der Waals surface area (Å²) in [4.78, 5) is 21.5. The molecule has 9 heteroatoms. The van der Waals surface area contributed by atoms with Gasteiger partial charge >= 0.3 is 0 Å². The molecule has 4 aromatic rings. The standard InChI is InChI=1S/C19H17N7O2/c27-11-10-26-12-17(18(25-26)15-4-1-2-8-20-15)23-19(28)16-6-3-5-13(22-16)14-7-9-21-24-14/h1-9,12,27H,10-11H2,(H,21,24)(H,23,28). The van der Waals surface area contributed by atoms with E-state index in [-0.39, 0.29) is 18.2 Å². The molecule has 0 spiro atoms. The Balaban J connectivity index is 1.64. The summed E-state index contributed by atoms with van der Waals surface area (Å²) in [6.07, 6.45) is 4.94. The van der Waals surface area contributed by atoms with Crippen LogP contribution in [0.4, 0.5) is 5.69 Å². The molecular formula is C19H17N7O2. The van der Waals surface area contributed by atoms with Gasteiger partial charge in [0.05, 0.1) is 35.9 Å². The summed E-state index contributed by atoms with van der Waals surface area (Å²) in [6.45, 7) is 0.244. The largest absolute Gasteiger partial charge is 0.394 e. The first kappa shape index (κ1) is 17.6. The van der Waals surface area contributed by atoms with Gasteiger partial charge in [-0.3, -0.25) is 19.6 Å². The molecule has 0 aliphatic carbocycles. The number of pyridine rings is 2. The molecule has 0 aliphatic rings. The fraction of sp³-hybridized carbons (Fsp3) is 0.105. The van der Waals surface area contributed by atoms with E-state index in [1.807, 2.05) is 6.07 Å². The first-order valence-electron chi connectivity index (χ1n) is 8.62. The average molecular weight is 375 g/mol. The highest BCUT2D eigenvalue weighted by molar-refractivity contribution is 6.04.